The molecular formula is C24H29F3N2O3S. The monoisotopic (exact) mass is 482 g/mol. The van der Waals surface area contributed by atoms with E-state index in [1.54, 1.807) is 0 Å². The summed E-state index contributed by atoms with van der Waals surface area (Å²) in [6.45, 7) is 4.68. The van der Waals surface area contributed by atoms with E-state index in [2.05, 4.69) is 78.3 Å². The van der Waals surface area contributed by atoms with Crippen molar-refractivity contribution in [2.24, 2.45) is 0 Å². The molecule has 0 amide bonds. The van der Waals surface area contributed by atoms with Crippen molar-refractivity contribution < 1.29 is 30.7 Å². The third-order valence-electron chi connectivity index (χ3n) is 6.36. The second-order valence-corrected chi connectivity index (χ2v) is 9.89. The Bertz CT molecular complexity index is 1080. The van der Waals surface area contributed by atoms with E-state index in [1.807, 2.05) is 0 Å². The van der Waals surface area contributed by atoms with Crippen molar-refractivity contribution in [1.29, 1.82) is 0 Å². The zero-order valence-corrected chi connectivity index (χ0v) is 19.5. The predicted molar refractivity (Wildman–Crippen MR) is 121 cm³/mol. The predicted octanol–water partition coefficient (Wildman–Crippen LogP) is 5.45. The van der Waals surface area contributed by atoms with Crippen LogP contribution in [-0.4, -0.2) is 41.0 Å². The minimum atomic E-state index is -6.09. The third-order valence-corrected chi connectivity index (χ3v) is 6.92. The number of anilines is 1. The highest BCUT2D eigenvalue weighted by atomic mass is 32.2. The summed E-state index contributed by atoms with van der Waals surface area (Å²) in [5.41, 5.74) is -0.154. The molecule has 1 aliphatic heterocycles. The van der Waals surface area contributed by atoms with Crippen molar-refractivity contribution in [3.8, 4) is 0 Å². The van der Waals surface area contributed by atoms with Crippen LogP contribution in [0.2, 0.25) is 0 Å². The number of nitrogens with one attached hydrogen (secondary N) is 1. The van der Waals surface area contributed by atoms with E-state index in [0.29, 0.717) is 18.1 Å². The molecule has 5 nitrogen and oxygen atoms in total. The van der Waals surface area contributed by atoms with Crippen molar-refractivity contribution in [2.45, 2.75) is 69.6 Å². The molecule has 1 heterocycles. The molecule has 2 aliphatic rings. The molecule has 4 rings (SSSR count). The summed E-state index contributed by atoms with van der Waals surface area (Å²) in [5.74, 6) is 0.437. The lowest BCUT2D eigenvalue weighted by molar-refractivity contribution is -0.602. The van der Waals surface area contributed by atoms with Gasteiger partial charge >= 0.3 is 5.51 Å². The number of halogens is 3. The normalized spacial score (nSPS) is 20.2. The fourth-order valence-electron chi connectivity index (χ4n) is 4.67. The van der Waals surface area contributed by atoms with Crippen LogP contribution in [0.15, 0.2) is 54.6 Å². The highest BCUT2D eigenvalue weighted by molar-refractivity contribution is 7.86. The highest BCUT2D eigenvalue weighted by Gasteiger charge is 2.40. The first-order valence-corrected chi connectivity index (χ1v) is 12.5. The fourth-order valence-corrected chi connectivity index (χ4v) is 4.67. The zero-order valence-electron chi connectivity index (χ0n) is 18.7. The van der Waals surface area contributed by atoms with Crippen LogP contribution in [0.3, 0.4) is 0 Å². The number of alkyl halides is 3. The van der Waals surface area contributed by atoms with Crippen LogP contribution < -0.4 is 5.32 Å². The van der Waals surface area contributed by atoms with E-state index in [-0.39, 0.29) is 0 Å². The molecule has 0 saturated heterocycles. The van der Waals surface area contributed by atoms with Crippen LogP contribution in [0.5, 0.6) is 0 Å². The number of rotatable bonds is 3. The molecule has 1 unspecified atom stereocenters. The van der Waals surface area contributed by atoms with E-state index in [0.717, 1.165) is 0 Å². The summed E-state index contributed by atoms with van der Waals surface area (Å²) in [6.07, 6.45) is 7.08. The zero-order chi connectivity index (χ0) is 24.2. The van der Waals surface area contributed by atoms with Crippen LogP contribution in [-0.2, 0) is 10.1 Å². The van der Waals surface area contributed by atoms with Crippen LogP contribution in [0.25, 0.3) is 0 Å². The van der Waals surface area contributed by atoms with Crippen molar-refractivity contribution in [2.75, 3.05) is 5.32 Å². The second kappa shape index (κ2) is 10.3. The lowest BCUT2D eigenvalue weighted by Gasteiger charge is -2.35. The Hall–Kier alpha value is -2.39. The Morgan fingerprint density at radius 1 is 1.00 bits per heavy atom. The topological polar surface area (TPSA) is 72.2 Å². The molecule has 1 fully saturated rings. The van der Waals surface area contributed by atoms with Crippen LogP contribution >= 0.6 is 0 Å². The van der Waals surface area contributed by atoms with E-state index >= 15 is 0 Å². The molecule has 1 aliphatic carbocycles. The molecule has 0 radical (unpaired) electrons. The van der Waals surface area contributed by atoms with Gasteiger partial charge in [0.1, 0.15) is 0 Å². The van der Waals surface area contributed by atoms with Crippen molar-refractivity contribution >= 4 is 21.5 Å². The highest BCUT2D eigenvalue weighted by Crippen LogP contribution is 2.33. The minimum absolute atomic E-state index is 0.320. The van der Waals surface area contributed by atoms with Gasteiger partial charge in [0, 0.05) is 19.8 Å². The lowest BCUT2D eigenvalue weighted by Crippen LogP contribution is -2.49. The Morgan fingerprint density at radius 3 is 2.12 bits per heavy atom. The summed E-state index contributed by atoms with van der Waals surface area (Å²) < 4.78 is 61.6. The molecule has 0 aromatic heterocycles. The average molecular weight is 483 g/mol. The smallest absolute Gasteiger partial charge is 0.485 e. The Morgan fingerprint density at radius 2 is 1.55 bits per heavy atom. The first-order chi connectivity index (χ1) is 15.5. The summed E-state index contributed by atoms with van der Waals surface area (Å²) >= 11 is 0. The summed E-state index contributed by atoms with van der Waals surface area (Å²) in [5, 5.41) is 3.88. The average Bonchev–Trinajstić information content (AvgIpc) is 2.79. The molecule has 1 N–H and O–H groups in total. The summed E-state index contributed by atoms with van der Waals surface area (Å²) in [4.78, 5) is 0. The van der Waals surface area contributed by atoms with E-state index in [9.17, 15) is 13.2 Å². The summed E-state index contributed by atoms with van der Waals surface area (Å²) in [6, 6.07) is 20.4. The Kier molecular flexibility index (Phi) is 7.84. The maximum absolute atomic E-state index is 10.7. The van der Waals surface area contributed by atoms with Gasteiger partial charge in [-0.15, -0.1) is 0 Å². The molecule has 2 atom stereocenters. The molecule has 0 spiro atoms. The second-order valence-electron chi connectivity index (χ2n) is 8.52. The van der Waals surface area contributed by atoms with Gasteiger partial charge in [-0.05, 0) is 37.5 Å². The largest absolute Gasteiger partial charge is 0.741 e. The van der Waals surface area contributed by atoms with Gasteiger partial charge in [-0.3, -0.25) is 0 Å². The Labute approximate surface area is 193 Å². The minimum Gasteiger partial charge on any atom is -0.741 e. The number of hydrogen-bond acceptors (Lipinski definition) is 4. The lowest BCUT2D eigenvalue weighted by atomic mass is 9.89. The maximum atomic E-state index is 10.7. The first kappa shape index (κ1) is 25.2. The Balaban J connectivity index is 0.000000331. The summed E-state index contributed by atoms with van der Waals surface area (Å²) in [7, 11) is -6.09. The molecule has 0 bridgehead atoms. The number of para-hydroxylation sites is 1. The van der Waals surface area contributed by atoms with E-state index in [4.69, 9.17) is 13.0 Å². The van der Waals surface area contributed by atoms with Crippen molar-refractivity contribution in [3.05, 3.63) is 65.7 Å². The van der Waals surface area contributed by atoms with Gasteiger partial charge in [0.25, 0.3) is 0 Å². The molecular weight excluding hydrogens is 453 g/mol. The quantitative estimate of drug-likeness (QED) is 0.359. The molecule has 1 saturated carbocycles. The number of fused-ring (bicyclic) bond motifs is 1. The van der Waals surface area contributed by atoms with Gasteiger partial charge in [0.2, 0.25) is 6.17 Å². The van der Waals surface area contributed by atoms with Gasteiger partial charge in [0.15, 0.2) is 21.9 Å². The maximum Gasteiger partial charge on any atom is 0.485 e. The van der Waals surface area contributed by atoms with Gasteiger partial charge < -0.3 is 9.87 Å². The van der Waals surface area contributed by atoms with Gasteiger partial charge in [-0.1, -0.05) is 48.9 Å². The van der Waals surface area contributed by atoms with E-state index < -0.39 is 15.6 Å². The molecule has 180 valence electrons. The molecule has 33 heavy (non-hydrogen) atoms. The molecule has 2 aromatic carbocycles. The van der Waals surface area contributed by atoms with Crippen molar-refractivity contribution in [3.63, 3.8) is 0 Å². The van der Waals surface area contributed by atoms with Gasteiger partial charge in [-0.2, -0.15) is 13.2 Å². The van der Waals surface area contributed by atoms with E-state index in [1.165, 1.54) is 54.6 Å². The van der Waals surface area contributed by atoms with Crippen LogP contribution in [0, 0.1) is 0 Å². The SMILES string of the molecule is CC1=[N+](C2CCCCC2)C([C@H](C)c2ccccc2)Nc2ccccc21.O=S(=O)([O-])C(F)(F)F. The van der Waals surface area contributed by atoms with Crippen LogP contribution in [0.1, 0.15) is 63.0 Å². The number of nitrogens with zero attached hydrogens (tertiary/aromatic N) is 1. The third kappa shape index (κ3) is 5.95. The molecule has 2 aromatic rings. The standard InChI is InChI=1S/C23H28N2.CHF3O3S/c1-17(19-11-5-3-6-12-19)23-24-22-16-10-9-15-21(22)18(2)25(23)20-13-7-4-8-14-20;2-1(3,4)8(5,6)7/h3,5-6,9-12,15-17,20,23H,4,7-8,13-14H2,1-2H3;(H,5,6,7)/t17-,23?;/m1./s1. The number of hydrogen-bond donors (Lipinski definition) is 1. The molecule has 9 heteroatoms. The first-order valence-electron chi connectivity index (χ1n) is 11.1. The van der Waals surface area contributed by atoms with Crippen LogP contribution in [0.4, 0.5) is 18.9 Å². The van der Waals surface area contributed by atoms with Gasteiger partial charge in [-0.25, -0.2) is 13.0 Å². The number of benzene rings is 2. The van der Waals surface area contributed by atoms with Crippen molar-refractivity contribution in [1.82, 2.24) is 0 Å². The van der Waals surface area contributed by atoms with Gasteiger partial charge in [0.05, 0.1) is 17.2 Å². The fraction of sp³-hybridized carbons (Fsp3) is 0.458.